The summed E-state index contributed by atoms with van der Waals surface area (Å²) >= 11 is 0. The Morgan fingerprint density at radius 3 is 2.52 bits per heavy atom. The predicted octanol–water partition coefficient (Wildman–Crippen LogP) is 2.95. The molecule has 1 N–H and O–H groups in total. The molecule has 3 aromatic rings. The van der Waals surface area contributed by atoms with Crippen LogP contribution in [-0.4, -0.2) is 33.4 Å². The normalized spacial score (nSPS) is 13.4. The van der Waals surface area contributed by atoms with Crippen LogP contribution < -0.4 is 10.1 Å². The maximum atomic E-state index is 5.44. The van der Waals surface area contributed by atoms with E-state index in [0.717, 1.165) is 23.7 Å². The van der Waals surface area contributed by atoms with Gasteiger partial charge in [-0.2, -0.15) is 4.68 Å². The highest BCUT2D eigenvalue weighted by molar-refractivity contribution is 5.34. The third-order valence-corrected chi connectivity index (χ3v) is 4.13. The van der Waals surface area contributed by atoms with E-state index in [1.165, 1.54) is 5.56 Å². The molecule has 25 heavy (non-hydrogen) atoms. The van der Waals surface area contributed by atoms with E-state index >= 15 is 0 Å². The lowest BCUT2D eigenvalue weighted by molar-refractivity contribution is 0.401. The molecule has 0 saturated carbocycles. The summed E-state index contributed by atoms with van der Waals surface area (Å²) in [5.74, 6) is 1.70. The lowest BCUT2D eigenvalue weighted by atomic mass is 10.1. The van der Waals surface area contributed by atoms with Gasteiger partial charge in [-0.15, -0.1) is 5.10 Å². The largest absolute Gasteiger partial charge is 0.496 e. The van der Waals surface area contributed by atoms with Crippen LogP contribution in [-0.2, 0) is 6.42 Å². The molecule has 6 nitrogen and oxygen atoms in total. The number of tetrazole rings is 1. The number of para-hydroxylation sites is 2. The minimum absolute atomic E-state index is 0.0138. The van der Waals surface area contributed by atoms with Crippen molar-refractivity contribution in [2.45, 2.75) is 32.4 Å². The van der Waals surface area contributed by atoms with Crippen molar-refractivity contribution in [1.29, 1.82) is 0 Å². The second-order valence-electron chi connectivity index (χ2n) is 6.09. The molecule has 0 aliphatic rings. The van der Waals surface area contributed by atoms with Crippen LogP contribution in [0, 0.1) is 0 Å². The second kappa shape index (κ2) is 7.90. The Balaban J connectivity index is 1.70. The van der Waals surface area contributed by atoms with Crippen LogP contribution in [0.5, 0.6) is 5.75 Å². The summed E-state index contributed by atoms with van der Waals surface area (Å²) < 4.78 is 7.21. The zero-order valence-electron chi connectivity index (χ0n) is 14.8. The van der Waals surface area contributed by atoms with Crippen molar-refractivity contribution in [2.24, 2.45) is 0 Å². The van der Waals surface area contributed by atoms with E-state index in [4.69, 9.17) is 4.74 Å². The Morgan fingerprint density at radius 1 is 1.04 bits per heavy atom. The SMILES string of the molecule is COc1ccccc1C[C@H](C)N[C@@H](C)c1nnnn1-c1ccccc1. The van der Waals surface area contributed by atoms with Crippen molar-refractivity contribution < 1.29 is 4.74 Å². The minimum Gasteiger partial charge on any atom is -0.496 e. The van der Waals surface area contributed by atoms with E-state index in [1.807, 2.05) is 48.5 Å². The van der Waals surface area contributed by atoms with Crippen molar-refractivity contribution in [2.75, 3.05) is 7.11 Å². The molecule has 0 aliphatic carbocycles. The van der Waals surface area contributed by atoms with Gasteiger partial charge >= 0.3 is 0 Å². The maximum Gasteiger partial charge on any atom is 0.173 e. The van der Waals surface area contributed by atoms with Crippen molar-refractivity contribution in [3.8, 4) is 11.4 Å². The van der Waals surface area contributed by atoms with Crippen molar-refractivity contribution in [3.05, 3.63) is 66.0 Å². The molecule has 0 bridgehead atoms. The molecule has 0 spiro atoms. The fourth-order valence-corrected chi connectivity index (χ4v) is 2.98. The molecule has 3 rings (SSSR count). The quantitative estimate of drug-likeness (QED) is 0.718. The monoisotopic (exact) mass is 337 g/mol. The van der Waals surface area contributed by atoms with E-state index in [9.17, 15) is 0 Å². The molecule has 0 unspecified atom stereocenters. The number of ether oxygens (including phenoxy) is 1. The van der Waals surface area contributed by atoms with Crippen molar-refractivity contribution in [3.63, 3.8) is 0 Å². The van der Waals surface area contributed by atoms with Gasteiger partial charge in [0.15, 0.2) is 5.82 Å². The van der Waals surface area contributed by atoms with Crippen LogP contribution in [0.1, 0.15) is 31.3 Å². The molecule has 1 aromatic heterocycles. The summed E-state index contributed by atoms with van der Waals surface area (Å²) in [6.45, 7) is 4.23. The van der Waals surface area contributed by atoms with Gasteiger partial charge in [0, 0.05) is 6.04 Å². The summed E-state index contributed by atoms with van der Waals surface area (Å²) in [6.07, 6.45) is 0.862. The molecule has 0 aliphatic heterocycles. The van der Waals surface area contributed by atoms with Crippen molar-refractivity contribution >= 4 is 0 Å². The number of benzene rings is 2. The molecule has 0 fully saturated rings. The first-order valence-corrected chi connectivity index (χ1v) is 8.40. The first kappa shape index (κ1) is 17.1. The van der Waals surface area contributed by atoms with Gasteiger partial charge in [0.05, 0.1) is 18.8 Å². The van der Waals surface area contributed by atoms with Crippen LogP contribution in [0.4, 0.5) is 0 Å². The van der Waals surface area contributed by atoms with E-state index in [1.54, 1.807) is 11.8 Å². The predicted molar refractivity (Wildman–Crippen MR) is 96.9 cm³/mol. The molecule has 6 heteroatoms. The van der Waals surface area contributed by atoms with E-state index < -0.39 is 0 Å². The number of rotatable bonds is 7. The summed E-state index contributed by atoms with van der Waals surface area (Å²) in [6, 6.07) is 18.3. The topological polar surface area (TPSA) is 64.9 Å². The highest BCUT2D eigenvalue weighted by atomic mass is 16.5. The van der Waals surface area contributed by atoms with Crippen molar-refractivity contribution in [1.82, 2.24) is 25.5 Å². The lowest BCUT2D eigenvalue weighted by Gasteiger charge is -2.20. The van der Waals surface area contributed by atoms with Gasteiger partial charge in [-0.05, 0) is 54.5 Å². The Hall–Kier alpha value is -2.73. The number of hydrogen-bond donors (Lipinski definition) is 1. The number of nitrogens with one attached hydrogen (secondary N) is 1. The molecule has 2 atom stereocenters. The van der Waals surface area contributed by atoms with Crippen LogP contribution in [0.15, 0.2) is 54.6 Å². The standard InChI is InChI=1S/C19H23N5O/c1-14(13-16-9-7-8-12-18(16)25-3)20-15(2)19-21-22-23-24(19)17-10-5-4-6-11-17/h4-12,14-15,20H,13H2,1-3H3/t14-,15-/m0/s1. The molecule has 1 heterocycles. The fraction of sp³-hybridized carbons (Fsp3) is 0.316. The zero-order valence-corrected chi connectivity index (χ0v) is 14.8. The highest BCUT2D eigenvalue weighted by Gasteiger charge is 2.18. The number of aromatic nitrogens is 4. The van der Waals surface area contributed by atoms with Gasteiger partial charge in [-0.1, -0.05) is 36.4 Å². The highest BCUT2D eigenvalue weighted by Crippen LogP contribution is 2.20. The number of nitrogens with zero attached hydrogens (tertiary/aromatic N) is 4. The summed E-state index contributed by atoms with van der Waals surface area (Å²) in [7, 11) is 1.70. The van der Waals surface area contributed by atoms with Gasteiger partial charge in [-0.25, -0.2) is 0 Å². The summed E-state index contributed by atoms with van der Waals surface area (Å²) in [4.78, 5) is 0. The van der Waals surface area contributed by atoms with Crippen LogP contribution in [0.3, 0.4) is 0 Å². The summed E-state index contributed by atoms with van der Waals surface area (Å²) in [5, 5.41) is 15.7. The van der Waals surface area contributed by atoms with Crippen LogP contribution in [0.2, 0.25) is 0 Å². The molecular weight excluding hydrogens is 314 g/mol. The third kappa shape index (κ3) is 4.03. The van der Waals surface area contributed by atoms with Gasteiger partial charge in [0.2, 0.25) is 0 Å². The Morgan fingerprint density at radius 2 is 1.76 bits per heavy atom. The van der Waals surface area contributed by atoms with Gasteiger partial charge in [0.25, 0.3) is 0 Å². The first-order chi connectivity index (χ1) is 12.2. The molecule has 0 radical (unpaired) electrons. The van der Waals surface area contributed by atoms with E-state index in [0.29, 0.717) is 0 Å². The van der Waals surface area contributed by atoms with Gasteiger partial charge < -0.3 is 10.1 Å². The lowest BCUT2D eigenvalue weighted by Crippen LogP contribution is -2.32. The number of methoxy groups -OCH3 is 1. The molecule has 0 saturated heterocycles. The Kier molecular flexibility index (Phi) is 5.40. The Labute approximate surface area is 147 Å². The van der Waals surface area contributed by atoms with E-state index in [-0.39, 0.29) is 12.1 Å². The average molecular weight is 337 g/mol. The third-order valence-electron chi connectivity index (χ3n) is 4.13. The maximum absolute atomic E-state index is 5.44. The van der Waals surface area contributed by atoms with Crippen LogP contribution >= 0.6 is 0 Å². The smallest absolute Gasteiger partial charge is 0.173 e. The van der Waals surface area contributed by atoms with Gasteiger partial charge in [-0.3, -0.25) is 0 Å². The molecule has 2 aromatic carbocycles. The van der Waals surface area contributed by atoms with E-state index in [2.05, 4.69) is 40.8 Å². The zero-order chi connectivity index (χ0) is 17.6. The molecular formula is C19H23N5O. The average Bonchev–Trinajstić information content (AvgIpc) is 3.13. The number of hydrogen-bond acceptors (Lipinski definition) is 5. The van der Waals surface area contributed by atoms with Crippen LogP contribution in [0.25, 0.3) is 5.69 Å². The molecule has 0 amide bonds. The molecule has 130 valence electrons. The Bertz CT molecular complexity index is 802. The van der Waals surface area contributed by atoms with Gasteiger partial charge in [0.1, 0.15) is 5.75 Å². The summed E-state index contributed by atoms with van der Waals surface area (Å²) in [5.41, 5.74) is 2.13. The minimum atomic E-state index is 0.0138. The second-order valence-corrected chi connectivity index (χ2v) is 6.09. The first-order valence-electron chi connectivity index (χ1n) is 8.40. The fourth-order valence-electron chi connectivity index (χ4n) is 2.98.